The van der Waals surface area contributed by atoms with Crippen molar-refractivity contribution in [2.24, 2.45) is 5.92 Å². The van der Waals surface area contributed by atoms with Gasteiger partial charge in [0.25, 0.3) is 0 Å². The molecule has 0 saturated carbocycles. The maximum Gasteiger partial charge on any atom is 0.243 e. The monoisotopic (exact) mass is 448 g/mol. The van der Waals surface area contributed by atoms with Gasteiger partial charge >= 0.3 is 0 Å². The second kappa shape index (κ2) is 10.2. The maximum absolute atomic E-state index is 13.1. The standard InChI is InChI=1S/C23H29FN2O4S/c1-17(2)21-5-3-4-6-22(21)30-16-13-25-23(27)18-11-14-26(15-12-18)31(28,29)20-9-7-19(24)8-10-20/h3-10,17-18H,11-16H2,1-2H3,(H,25,27). The predicted octanol–water partition coefficient (Wildman–Crippen LogP) is 3.55. The van der Waals surface area contributed by atoms with E-state index in [2.05, 4.69) is 19.2 Å². The van der Waals surface area contributed by atoms with Gasteiger partial charge in [0.2, 0.25) is 15.9 Å². The number of benzene rings is 2. The number of rotatable bonds is 8. The van der Waals surface area contributed by atoms with Crippen LogP contribution in [0.4, 0.5) is 4.39 Å². The molecule has 1 aliphatic heterocycles. The van der Waals surface area contributed by atoms with Gasteiger partial charge in [0.15, 0.2) is 0 Å². The van der Waals surface area contributed by atoms with Crippen LogP contribution < -0.4 is 10.1 Å². The Balaban J connectivity index is 1.45. The lowest BCUT2D eigenvalue weighted by atomic mass is 9.97. The van der Waals surface area contributed by atoms with Gasteiger partial charge in [-0.05, 0) is 54.7 Å². The van der Waals surface area contributed by atoms with Crippen LogP contribution in [0.25, 0.3) is 0 Å². The Hall–Kier alpha value is -2.45. The summed E-state index contributed by atoms with van der Waals surface area (Å²) in [5.74, 6) is 0.376. The molecule has 3 rings (SSSR count). The number of halogens is 1. The molecule has 0 radical (unpaired) electrons. The molecule has 2 aromatic rings. The van der Waals surface area contributed by atoms with Crippen molar-refractivity contribution in [3.8, 4) is 5.75 Å². The van der Waals surface area contributed by atoms with Crippen LogP contribution in [0.3, 0.4) is 0 Å². The fourth-order valence-electron chi connectivity index (χ4n) is 3.68. The van der Waals surface area contributed by atoms with Crippen LogP contribution in [-0.2, 0) is 14.8 Å². The number of ether oxygens (including phenoxy) is 1. The lowest BCUT2D eigenvalue weighted by Gasteiger charge is -2.30. The third kappa shape index (κ3) is 5.83. The number of para-hydroxylation sites is 1. The smallest absolute Gasteiger partial charge is 0.243 e. The van der Waals surface area contributed by atoms with Gasteiger partial charge in [-0.1, -0.05) is 32.0 Å². The van der Waals surface area contributed by atoms with Gasteiger partial charge in [0.05, 0.1) is 11.4 Å². The summed E-state index contributed by atoms with van der Waals surface area (Å²) in [6.45, 7) is 5.48. The normalized spacial score (nSPS) is 15.7. The van der Waals surface area contributed by atoms with E-state index in [1.54, 1.807) is 0 Å². The number of nitrogens with one attached hydrogen (secondary N) is 1. The van der Waals surface area contributed by atoms with Gasteiger partial charge in [0.1, 0.15) is 18.2 Å². The fourth-order valence-corrected chi connectivity index (χ4v) is 5.15. The minimum atomic E-state index is -3.68. The molecule has 1 saturated heterocycles. The van der Waals surface area contributed by atoms with Crippen LogP contribution in [0.1, 0.15) is 38.2 Å². The zero-order valence-electron chi connectivity index (χ0n) is 17.9. The number of carbonyl (C=O) groups is 1. The molecule has 0 atom stereocenters. The lowest BCUT2D eigenvalue weighted by molar-refractivity contribution is -0.126. The third-order valence-electron chi connectivity index (χ3n) is 5.48. The van der Waals surface area contributed by atoms with Crippen molar-refractivity contribution in [3.05, 3.63) is 59.9 Å². The Kier molecular flexibility index (Phi) is 7.67. The molecule has 0 aliphatic carbocycles. The van der Waals surface area contributed by atoms with E-state index in [1.807, 2.05) is 24.3 Å². The second-order valence-electron chi connectivity index (χ2n) is 7.96. The van der Waals surface area contributed by atoms with Crippen molar-refractivity contribution >= 4 is 15.9 Å². The van der Waals surface area contributed by atoms with Crippen molar-refractivity contribution in [2.45, 2.75) is 37.5 Å². The van der Waals surface area contributed by atoms with E-state index in [4.69, 9.17) is 4.74 Å². The summed E-state index contributed by atoms with van der Waals surface area (Å²) in [7, 11) is -3.68. The summed E-state index contributed by atoms with van der Waals surface area (Å²) < 4.78 is 45.6. The number of amides is 1. The first-order valence-corrected chi connectivity index (χ1v) is 12.0. The quantitative estimate of drug-likeness (QED) is 0.627. The molecule has 0 aromatic heterocycles. The highest BCUT2D eigenvalue weighted by atomic mass is 32.2. The molecule has 168 valence electrons. The summed E-state index contributed by atoms with van der Waals surface area (Å²) >= 11 is 0. The Morgan fingerprint density at radius 2 is 1.77 bits per heavy atom. The first-order chi connectivity index (χ1) is 14.8. The van der Waals surface area contributed by atoms with E-state index in [-0.39, 0.29) is 29.8 Å². The summed E-state index contributed by atoms with van der Waals surface area (Å²) in [5, 5.41) is 2.89. The van der Waals surface area contributed by atoms with Crippen LogP contribution in [0.5, 0.6) is 5.75 Å². The van der Waals surface area contributed by atoms with Crippen LogP contribution in [-0.4, -0.2) is 44.9 Å². The highest BCUT2D eigenvalue weighted by Gasteiger charge is 2.32. The molecule has 8 heteroatoms. The van der Waals surface area contributed by atoms with Crippen molar-refractivity contribution in [3.63, 3.8) is 0 Å². The highest BCUT2D eigenvalue weighted by molar-refractivity contribution is 7.89. The van der Waals surface area contributed by atoms with Gasteiger partial charge in [0, 0.05) is 19.0 Å². The van der Waals surface area contributed by atoms with Crippen molar-refractivity contribution in [2.75, 3.05) is 26.2 Å². The minimum Gasteiger partial charge on any atom is -0.491 e. The predicted molar refractivity (Wildman–Crippen MR) is 117 cm³/mol. The van der Waals surface area contributed by atoms with E-state index in [0.717, 1.165) is 23.4 Å². The Morgan fingerprint density at radius 1 is 1.13 bits per heavy atom. The summed E-state index contributed by atoms with van der Waals surface area (Å²) in [4.78, 5) is 12.5. The van der Waals surface area contributed by atoms with E-state index in [0.29, 0.717) is 31.9 Å². The summed E-state index contributed by atoms with van der Waals surface area (Å²) in [5.41, 5.74) is 1.13. The van der Waals surface area contributed by atoms with Crippen molar-refractivity contribution in [1.82, 2.24) is 9.62 Å². The zero-order chi connectivity index (χ0) is 22.4. The molecule has 2 aromatic carbocycles. The number of hydrogen-bond acceptors (Lipinski definition) is 4. The van der Waals surface area contributed by atoms with Gasteiger partial charge in [-0.15, -0.1) is 0 Å². The van der Waals surface area contributed by atoms with Gasteiger partial charge in [-0.3, -0.25) is 4.79 Å². The number of sulfonamides is 1. The summed E-state index contributed by atoms with van der Waals surface area (Å²) in [6.07, 6.45) is 0.895. The van der Waals surface area contributed by atoms with E-state index in [1.165, 1.54) is 16.4 Å². The lowest BCUT2D eigenvalue weighted by Crippen LogP contribution is -2.43. The molecule has 1 heterocycles. The summed E-state index contributed by atoms with van der Waals surface area (Å²) in [6, 6.07) is 12.7. The number of nitrogens with zero attached hydrogens (tertiary/aromatic N) is 1. The van der Waals surface area contributed by atoms with Gasteiger partial charge in [-0.2, -0.15) is 4.31 Å². The largest absolute Gasteiger partial charge is 0.491 e. The SMILES string of the molecule is CC(C)c1ccccc1OCCNC(=O)C1CCN(S(=O)(=O)c2ccc(F)cc2)CC1. The fraction of sp³-hybridized carbons (Fsp3) is 0.435. The molecule has 1 aliphatic rings. The van der Waals surface area contributed by atoms with Crippen LogP contribution >= 0.6 is 0 Å². The second-order valence-corrected chi connectivity index (χ2v) is 9.90. The molecule has 0 unspecified atom stereocenters. The average molecular weight is 449 g/mol. The Morgan fingerprint density at radius 3 is 2.42 bits per heavy atom. The van der Waals surface area contributed by atoms with E-state index in [9.17, 15) is 17.6 Å². The molecule has 6 nitrogen and oxygen atoms in total. The number of hydrogen-bond donors (Lipinski definition) is 1. The Labute approximate surface area is 183 Å². The van der Waals surface area contributed by atoms with Crippen LogP contribution in [0.2, 0.25) is 0 Å². The van der Waals surface area contributed by atoms with Crippen LogP contribution in [0, 0.1) is 11.7 Å². The maximum atomic E-state index is 13.1. The number of piperidine rings is 1. The average Bonchev–Trinajstić information content (AvgIpc) is 2.77. The highest BCUT2D eigenvalue weighted by Crippen LogP contribution is 2.26. The topological polar surface area (TPSA) is 75.7 Å². The molecule has 1 N–H and O–H groups in total. The molecule has 0 bridgehead atoms. The minimum absolute atomic E-state index is 0.0654. The molecular weight excluding hydrogens is 419 g/mol. The van der Waals surface area contributed by atoms with E-state index < -0.39 is 15.8 Å². The van der Waals surface area contributed by atoms with Crippen LogP contribution in [0.15, 0.2) is 53.4 Å². The molecule has 31 heavy (non-hydrogen) atoms. The van der Waals surface area contributed by atoms with Gasteiger partial charge < -0.3 is 10.1 Å². The van der Waals surface area contributed by atoms with Crippen molar-refractivity contribution in [1.29, 1.82) is 0 Å². The number of carbonyl (C=O) groups excluding carboxylic acids is 1. The zero-order valence-corrected chi connectivity index (χ0v) is 18.7. The van der Waals surface area contributed by atoms with E-state index >= 15 is 0 Å². The third-order valence-corrected chi connectivity index (χ3v) is 7.39. The molecular formula is C23H29FN2O4S. The first-order valence-electron chi connectivity index (χ1n) is 10.5. The van der Waals surface area contributed by atoms with Crippen molar-refractivity contribution < 1.29 is 22.3 Å². The molecule has 0 spiro atoms. The molecule has 1 amide bonds. The molecule has 1 fully saturated rings. The van der Waals surface area contributed by atoms with Gasteiger partial charge in [-0.25, -0.2) is 12.8 Å². The Bertz CT molecular complexity index is 985. The first kappa shape index (κ1) is 23.2.